The molecule has 1 amide bonds. The van der Waals surface area contributed by atoms with Crippen LogP contribution in [-0.2, 0) is 43.6 Å². The number of nitrogens with zero attached hydrogens (tertiary/aromatic N) is 1. The molecule has 0 saturated carbocycles. The Labute approximate surface area is 320 Å². The van der Waals surface area contributed by atoms with Crippen LogP contribution in [0.1, 0.15) is 34.0 Å². The summed E-state index contributed by atoms with van der Waals surface area (Å²) in [7, 11) is 0. The Morgan fingerprint density at radius 3 is 2.04 bits per heavy atom. The van der Waals surface area contributed by atoms with E-state index in [1.54, 1.807) is 49.4 Å². The van der Waals surface area contributed by atoms with Gasteiger partial charge in [0, 0.05) is 35.2 Å². The van der Waals surface area contributed by atoms with Crippen LogP contribution in [0, 0.1) is 6.92 Å². The second kappa shape index (κ2) is 18.2. The molecule has 0 unspecified atom stereocenters. The molecule has 0 aliphatic carbocycles. The number of rotatable bonds is 15. The number of H-pyrrole nitrogens is 1. The number of hydrogen-bond donors (Lipinski definition) is 3. The predicted octanol–water partition coefficient (Wildman–Crippen LogP) is 5.92. The minimum Gasteiger partial charge on any atom is -0.507 e. The highest BCUT2D eigenvalue weighted by molar-refractivity contribution is 6.45. The second-order valence-electron chi connectivity index (χ2n) is 12.6. The largest absolute Gasteiger partial charge is 0.508 e. The summed E-state index contributed by atoms with van der Waals surface area (Å²) in [6.07, 6.45) is 3.05. The Balaban J connectivity index is 0.990. The number of anilines is 1. The highest BCUT2D eigenvalue weighted by Gasteiger charge is 2.24. The van der Waals surface area contributed by atoms with Gasteiger partial charge in [-0.05, 0) is 54.0 Å². The van der Waals surface area contributed by atoms with Crippen molar-refractivity contribution in [3.05, 3.63) is 176 Å². The smallest absolute Gasteiger partial charge is 0.507 e. The van der Waals surface area contributed by atoms with Gasteiger partial charge in [0.15, 0.2) is 6.23 Å². The molecule has 4 aromatic carbocycles. The van der Waals surface area contributed by atoms with Crippen LogP contribution in [0.2, 0.25) is 0 Å². The molecule has 0 spiro atoms. The standard InChI is InChI=1S/C42H37N3O11/c1-27-22-45(41(50)44-39(27)48)38-17-16-33(56-38)26-55-42(51)54-25-30-12-14-32(15-13-30)43-40(49)37(47)21-36(46)31-18-34(52-23-28-8-4-2-5-9-28)20-35(19-31)53-24-29-10-6-3-7-11-29/h2-22,33,38,46H,23-26H2,1H3,(H,43,49)(H,44,48,50)/b36-21-/t33-,38+/m0/s1. The van der Waals surface area contributed by atoms with Gasteiger partial charge in [-0.1, -0.05) is 78.9 Å². The van der Waals surface area contributed by atoms with Crippen molar-refractivity contribution in [1.82, 2.24) is 9.55 Å². The van der Waals surface area contributed by atoms with Crippen molar-refractivity contribution in [1.29, 1.82) is 0 Å². The molecular formula is C42H37N3O11. The average molecular weight is 760 g/mol. The molecule has 1 aromatic heterocycles. The fourth-order valence-electron chi connectivity index (χ4n) is 5.37. The molecule has 1 aliphatic heterocycles. The molecule has 3 N–H and O–H groups in total. The zero-order chi connectivity index (χ0) is 39.4. The van der Waals surface area contributed by atoms with Crippen molar-refractivity contribution >= 4 is 29.3 Å². The number of ether oxygens (including phenoxy) is 5. The highest BCUT2D eigenvalue weighted by atomic mass is 16.7. The minimum atomic E-state index is -1.01. The predicted molar refractivity (Wildman–Crippen MR) is 204 cm³/mol. The van der Waals surface area contributed by atoms with Crippen LogP contribution in [0.3, 0.4) is 0 Å². The third-order valence-corrected chi connectivity index (χ3v) is 8.32. The molecular weight excluding hydrogens is 722 g/mol. The lowest BCUT2D eigenvalue weighted by atomic mass is 10.1. The quantitative estimate of drug-likeness (QED) is 0.0379. The Hall–Kier alpha value is -7.19. The fraction of sp³-hybridized carbons (Fsp3) is 0.167. The van der Waals surface area contributed by atoms with Crippen LogP contribution in [0.5, 0.6) is 11.5 Å². The first kappa shape index (κ1) is 38.5. The lowest BCUT2D eigenvalue weighted by molar-refractivity contribution is -0.131. The van der Waals surface area contributed by atoms with Crippen LogP contribution in [-0.4, -0.2) is 45.2 Å². The first-order valence-electron chi connectivity index (χ1n) is 17.4. The fourth-order valence-corrected chi connectivity index (χ4v) is 5.37. The Kier molecular flexibility index (Phi) is 12.5. The van der Waals surface area contributed by atoms with Gasteiger partial charge in [0.05, 0.1) is 0 Å². The van der Waals surface area contributed by atoms with Crippen molar-refractivity contribution in [3.63, 3.8) is 0 Å². The molecule has 5 aromatic rings. The van der Waals surface area contributed by atoms with Gasteiger partial charge in [0.25, 0.3) is 11.5 Å². The van der Waals surface area contributed by atoms with E-state index in [9.17, 15) is 29.1 Å². The number of benzene rings is 4. The Morgan fingerprint density at radius 2 is 1.41 bits per heavy atom. The van der Waals surface area contributed by atoms with E-state index in [0.29, 0.717) is 22.6 Å². The minimum absolute atomic E-state index is 0.149. The first-order chi connectivity index (χ1) is 27.1. The SMILES string of the molecule is Cc1cn([C@H]2C=C[C@@H](COC(=O)OCc3ccc(NC(=O)C(=O)/C=C(\O)c4cc(OCc5ccccc5)cc(OCc5ccccc5)c4)cc3)O2)c(=O)[nH]c1=O. The number of nitrogens with one attached hydrogen (secondary N) is 2. The molecule has 2 atom stereocenters. The summed E-state index contributed by atoms with van der Waals surface area (Å²) in [6, 6.07) is 30.0. The monoisotopic (exact) mass is 759 g/mol. The van der Waals surface area contributed by atoms with Crippen molar-refractivity contribution in [3.8, 4) is 11.5 Å². The van der Waals surface area contributed by atoms with Crippen LogP contribution < -0.4 is 26.0 Å². The van der Waals surface area contributed by atoms with Crippen LogP contribution in [0.25, 0.3) is 5.76 Å². The zero-order valence-corrected chi connectivity index (χ0v) is 30.1. The number of amides is 1. The average Bonchev–Trinajstić information content (AvgIpc) is 3.69. The van der Waals surface area contributed by atoms with Gasteiger partial charge in [-0.15, -0.1) is 0 Å². The number of aromatic nitrogens is 2. The number of carbonyl (C=O) groups is 3. The zero-order valence-electron chi connectivity index (χ0n) is 30.1. The normalized spacial score (nSPS) is 14.8. The van der Waals surface area contributed by atoms with Crippen molar-refractivity contribution in [2.75, 3.05) is 11.9 Å². The summed E-state index contributed by atoms with van der Waals surface area (Å²) >= 11 is 0. The number of aliphatic hydroxyl groups excluding tert-OH is 1. The number of aryl methyl sites for hydroxylation is 1. The molecule has 0 fully saturated rings. The van der Waals surface area contributed by atoms with Gasteiger partial charge in [0.1, 0.15) is 49.8 Å². The van der Waals surface area contributed by atoms with Gasteiger partial charge >= 0.3 is 11.8 Å². The molecule has 0 saturated heterocycles. The molecule has 14 heteroatoms. The van der Waals surface area contributed by atoms with Crippen molar-refractivity contribution in [2.45, 2.75) is 39.1 Å². The van der Waals surface area contributed by atoms with Crippen LogP contribution >= 0.6 is 0 Å². The van der Waals surface area contributed by atoms with E-state index < -0.39 is 47.2 Å². The summed E-state index contributed by atoms with van der Waals surface area (Å²) in [4.78, 5) is 63.7. The molecule has 56 heavy (non-hydrogen) atoms. The number of aliphatic hydroxyl groups is 1. The second-order valence-corrected chi connectivity index (χ2v) is 12.6. The van der Waals surface area contributed by atoms with Gasteiger partial charge in [-0.25, -0.2) is 9.59 Å². The molecule has 14 nitrogen and oxygen atoms in total. The van der Waals surface area contributed by atoms with E-state index >= 15 is 0 Å². The van der Waals surface area contributed by atoms with Crippen LogP contribution in [0.4, 0.5) is 10.5 Å². The summed E-state index contributed by atoms with van der Waals surface area (Å²) in [5.41, 5.74) is 2.13. The lowest BCUT2D eigenvalue weighted by Crippen LogP contribution is -2.33. The third-order valence-electron chi connectivity index (χ3n) is 8.32. The number of aromatic amines is 1. The summed E-state index contributed by atoms with van der Waals surface area (Å²) < 4.78 is 29.1. The molecule has 0 bridgehead atoms. The van der Waals surface area contributed by atoms with Gasteiger partial charge < -0.3 is 34.1 Å². The topological polar surface area (TPSA) is 184 Å². The van der Waals surface area contributed by atoms with Gasteiger partial charge in [-0.3, -0.25) is 23.9 Å². The number of ketones is 1. The van der Waals surface area contributed by atoms with E-state index in [1.807, 2.05) is 60.7 Å². The maximum absolute atomic E-state index is 12.8. The van der Waals surface area contributed by atoms with Crippen LogP contribution in [0.15, 0.2) is 137 Å². The Bertz CT molecular complexity index is 2290. The molecule has 286 valence electrons. The summed E-state index contributed by atoms with van der Waals surface area (Å²) in [5.74, 6) is -1.69. The van der Waals surface area contributed by atoms with E-state index in [0.717, 1.165) is 17.2 Å². The Morgan fingerprint density at radius 1 is 0.804 bits per heavy atom. The number of hydrogen-bond acceptors (Lipinski definition) is 11. The maximum Gasteiger partial charge on any atom is 0.508 e. The molecule has 6 rings (SSSR count). The summed E-state index contributed by atoms with van der Waals surface area (Å²) in [5, 5.41) is 13.4. The maximum atomic E-state index is 12.8. The van der Waals surface area contributed by atoms with Crippen molar-refractivity contribution < 1.29 is 43.2 Å². The van der Waals surface area contributed by atoms with Crippen molar-refractivity contribution in [2.24, 2.45) is 0 Å². The van der Waals surface area contributed by atoms with Gasteiger partial charge in [-0.2, -0.15) is 0 Å². The molecule has 1 aliphatic rings. The summed E-state index contributed by atoms with van der Waals surface area (Å²) in [6.45, 7) is 1.74. The van der Waals surface area contributed by atoms with Gasteiger partial charge in [0.2, 0.25) is 5.78 Å². The van der Waals surface area contributed by atoms with E-state index in [1.165, 1.54) is 22.9 Å². The van der Waals surface area contributed by atoms with E-state index in [4.69, 9.17) is 23.7 Å². The van der Waals surface area contributed by atoms with E-state index in [-0.39, 0.29) is 37.7 Å². The van der Waals surface area contributed by atoms with E-state index in [2.05, 4.69) is 10.3 Å². The molecule has 0 radical (unpaired) electrons. The number of carbonyl (C=O) groups excluding carboxylic acids is 3. The first-order valence-corrected chi connectivity index (χ1v) is 17.4. The third kappa shape index (κ3) is 10.7. The highest BCUT2D eigenvalue weighted by Crippen LogP contribution is 2.28. The molecule has 2 heterocycles. The lowest BCUT2D eigenvalue weighted by Gasteiger charge is -2.16.